The molecule has 0 aliphatic carbocycles. The summed E-state index contributed by atoms with van der Waals surface area (Å²) in [6.45, 7) is 5.08. The van der Waals surface area contributed by atoms with E-state index in [0.29, 0.717) is 16.9 Å². The van der Waals surface area contributed by atoms with Gasteiger partial charge in [-0.05, 0) is 80.4 Å². The Kier molecular flexibility index (Phi) is 8.24. The molecule has 0 aliphatic rings. The minimum Gasteiger partial charge on any atom is -0.324 e. The number of sulfonamides is 2. The standard InChI is InChI=1S/C24H25Cl2N3O5S2/c1-15-5-6-16(2)23(11-15)29(35(4,31)32)17(3)24(30)27-20-7-9-22(10-8-20)36(33,34)28-21-13-18(25)12-19(26)14-21/h5-14,17,28H,1-4H3,(H,27,30)/t17-/m1/s1. The summed E-state index contributed by atoms with van der Waals surface area (Å²) in [7, 11) is -7.74. The quantitative estimate of drug-likeness (QED) is 0.387. The number of nitrogens with zero attached hydrogens (tertiary/aromatic N) is 1. The average Bonchev–Trinajstić information content (AvgIpc) is 2.74. The number of anilines is 3. The van der Waals surface area contributed by atoms with Gasteiger partial charge in [0.1, 0.15) is 6.04 Å². The molecule has 0 aromatic heterocycles. The summed E-state index contributed by atoms with van der Waals surface area (Å²) in [5, 5.41) is 3.20. The number of nitrogens with one attached hydrogen (secondary N) is 2. The van der Waals surface area contributed by atoms with Gasteiger partial charge in [-0.15, -0.1) is 0 Å². The zero-order chi connectivity index (χ0) is 26.8. The highest BCUT2D eigenvalue weighted by Gasteiger charge is 2.30. The third kappa shape index (κ3) is 6.70. The van der Waals surface area contributed by atoms with Crippen molar-refractivity contribution in [1.82, 2.24) is 0 Å². The summed E-state index contributed by atoms with van der Waals surface area (Å²) < 4.78 is 54.1. The number of carbonyl (C=O) groups excluding carboxylic acids is 1. The van der Waals surface area contributed by atoms with Crippen LogP contribution in [0.1, 0.15) is 18.1 Å². The summed E-state index contributed by atoms with van der Waals surface area (Å²) in [6, 6.07) is 14.0. The molecule has 0 heterocycles. The van der Waals surface area contributed by atoms with Crippen molar-refractivity contribution < 1.29 is 21.6 Å². The molecule has 0 spiro atoms. The van der Waals surface area contributed by atoms with Crippen LogP contribution in [0.15, 0.2) is 65.6 Å². The van der Waals surface area contributed by atoms with E-state index in [9.17, 15) is 21.6 Å². The predicted molar refractivity (Wildman–Crippen MR) is 145 cm³/mol. The Balaban J connectivity index is 1.80. The minimum atomic E-state index is -3.95. The maximum absolute atomic E-state index is 13.0. The van der Waals surface area contributed by atoms with E-state index in [4.69, 9.17) is 23.2 Å². The largest absolute Gasteiger partial charge is 0.324 e. The Labute approximate surface area is 221 Å². The smallest absolute Gasteiger partial charge is 0.261 e. The number of benzene rings is 3. The van der Waals surface area contributed by atoms with Gasteiger partial charge in [-0.3, -0.25) is 13.8 Å². The molecule has 12 heteroatoms. The molecule has 0 unspecified atom stereocenters. The van der Waals surface area contributed by atoms with Gasteiger partial charge in [0.2, 0.25) is 15.9 Å². The van der Waals surface area contributed by atoms with Crippen LogP contribution in [0.4, 0.5) is 17.1 Å². The van der Waals surface area contributed by atoms with E-state index >= 15 is 0 Å². The molecule has 3 aromatic rings. The Morgan fingerprint density at radius 2 is 1.44 bits per heavy atom. The topological polar surface area (TPSA) is 113 Å². The average molecular weight is 571 g/mol. The van der Waals surface area contributed by atoms with Crippen molar-refractivity contribution in [3.8, 4) is 0 Å². The predicted octanol–water partition coefficient (Wildman–Crippen LogP) is 5.20. The van der Waals surface area contributed by atoms with Crippen LogP contribution in [0.3, 0.4) is 0 Å². The lowest BCUT2D eigenvalue weighted by Crippen LogP contribution is -2.45. The van der Waals surface area contributed by atoms with Crippen molar-refractivity contribution in [3.05, 3.63) is 81.8 Å². The maximum Gasteiger partial charge on any atom is 0.261 e. The van der Waals surface area contributed by atoms with Crippen molar-refractivity contribution in [1.29, 1.82) is 0 Å². The zero-order valence-corrected chi connectivity index (χ0v) is 23.1. The summed E-state index contributed by atoms with van der Waals surface area (Å²) in [5.74, 6) is -0.580. The highest BCUT2D eigenvalue weighted by Crippen LogP contribution is 2.28. The first-order valence-corrected chi connectivity index (χ1v) is 14.7. The Morgan fingerprint density at radius 3 is 2.00 bits per heavy atom. The highest BCUT2D eigenvalue weighted by molar-refractivity contribution is 7.92. The summed E-state index contributed by atoms with van der Waals surface area (Å²) in [4.78, 5) is 12.9. The van der Waals surface area contributed by atoms with Gasteiger partial charge in [0.05, 0.1) is 22.5 Å². The molecule has 192 valence electrons. The molecule has 2 N–H and O–H groups in total. The molecule has 8 nitrogen and oxygen atoms in total. The lowest BCUT2D eigenvalue weighted by atomic mass is 10.1. The molecule has 0 fully saturated rings. The van der Waals surface area contributed by atoms with E-state index in [-0.39, 0.29) is 20.6 Å². The van der Waals surface area contributed by atoms with Gasteiger partial charge >= 0.3 is 0 Å². The molecule has 1 atom stereocenters. The second-order valence-corrected chi connectivity index (χ2v) is 12.7. The van der Waals surface area contributed by atoms with E-state index in [2.05, 4.69) is 10.0 Å². The summed E-state index contributed by atoms with van der Waals surface area (Å²) in [5.41, 5.74) is 2.46. The first kappa shape index (κ1) is 27.8. The van der Waals surface area contributed by atoms with Crippen LogP contribution in [0, 0.1) is 13.8 Å². The molecule has 1 amide bonds. The molecule has 0 aliphatic heterocycles. The van der Waals surface area contributed by atoms with E-state index in [1.807, 2.05) is 13.0 Å². The second-order valence-electron chi connectivity index (χ2n) is 8.30. The summed E-state index contributed by atoms with van der Waals surface area (Å²) in [6.07, 6.45) is 1.04. The number of hydrogen-bond donors (Lipinski definition) is 2. The van der Waals surface area contributed by atoms with Crippen LogP contribution in [-0.2, 0) is 24.8 Å². The van der Waals surface area contributed by atoms with Gasteiger partial charge in [-0.2, -0.15) is 0 Å². The van der Waals surface area contributed by atoms with Gasteiger partial charge in [0, 0.05) is 15.7 Å². The monoisotopic (exact) mass is 569 g/mol. The maximum atomic E-state index is 13.0. The number of carbonyl (C=O) groups is 1. The lowest BCUT2D eigenvalue weighted by molar-refractivity contribution is -0.116. The van der Waals surface area contributed by atoms with Crippen LogP contribution in [-0.4, -0.2) is 35.0 Å². The van der Waals surface area contributed by atoms with Gasteiger partial charge < -0.3 is 5.32 Å². The summed E-state index contributed by atoms with van der Waals surface area (Å²) >= 11 is 11.8. The van der Waals surface area contributed by atoms with Crippen LogP contribution in [0.25, 0.3) is 0 Å². The fourth-order valence-electron chi connectivity index (χ4n) is 3.53. The molecule has 0 saturated heterocycles. The minimum absolute atomic E-state index is 0.0576. The van der Waals surface area contributed by atoms with Gasteiger partial charge in [-0.25, -0.2) is 16.8 Å². The molecule has 3 rings (SSSR count). The third-order valence-corrected chi connectivity index (χ3v) is 8.30. The van der Waals surface area contributed by atoms with E-state index in [1.54, 1.807) is 19.1 Å². The highest BCUT2D eigenvalue weighted by atomic mass is 35.5. The fourth-order valence-corrected chi connectivity index (χ4v) is 6.32. The number of halogens is 2. The Hall–Kier alpha value is -2.79. The van der Waals surface area contributed by atoms with E-state index in [0.717, 1.165) is 16.1 Å². The zero-order valence-electron chi connectivity index (χ0n) is 19.9. The van der Waals surface area contributed by atoms with Crippen molar-refractivity contribution in [3.63, 3.8) is 0 Å². The van der Waals surface area contributed by atoms with Crippen LogP contribution >= 0.6 is 23.2 Å². The third-order valence-electron chi connectivity index (χ3n) is 5.24. The van der Waals surface area contributed by atoms with Crippen molar-refractivity contribution >= 4 is 66.2 Å². The SMILES string of the molecule is Cc1ccc(C)c(N([C@H](C)C(=O)Nc2ccc(S(=O)(=O)Nc3cc(Cl)cc(Cl)c3)cc2)S(C)(=O)=O)c1. The van der Waals surface area contributed by atoms with Crippen LogP contribution in [0.5, 0.6) is 0 Å². The molecule has 0 radical (unpaired) electrons. The lowest BCUT2D eigenvalue weighted by Gasteiger charge is -2.29. The second kappa shape index (κ2) is 10.7. The first-order chi connectivity index (χ1) is 16.7. The molecular weight excluding hydrogens is 545 g/mol. The fraction of sp³-hybridized carbons (Fsp3) is 0.208. The van der Waals surface area contributed by atoms with Gasteiger partial charge in [0.15, 0.2) is 0 Å². The number of rotatable bonds is 8. The van der Waals surface area contributed by atoms with Gasteiger partial charge in [-0.1, -0.05) is 35.3 Å². The molecule has 36 heavy (non-hydrogen) atoms. The molecule has 3 aromatic carbocycles. The first-order valence-electron chi connectivity index (χ1n) is 10.6. The molecule has 0 saturated carbocycles. The Bertz CT molecular complexity index is 1490. The molecular formula is C24H25Cl2N3O5S2. The van der Waals surface area contributed by atoms with Crippen LogP contribution < -0.4 is 14.3 Å². The Morgan fingerprint density at radius 1 is 0.861 bits per heavy atom. The van der Waals surface area contributed by atoms with Crippen molar-refractivity contribution in [2.45, 2.75) is 31.7 Å². The van der Waals surface area contributed by atoms with E-state index < -0.39 is 32.0 Å². The van der Waals surface area contributed by atoms with Crippen molar-refractivity contribution in [2.24, 2.45) is 0 Å². The van der Waals surface area contributed by atoms with Crippen LogP contribution in [0.2, 0.25) is 10.0 Å². The number of hydrogen-bond acceptors (Lipinski definition) is 5. The number of amides is 1. The normalized spacial score (nSPS) is 12.6. The number of aryl methyl sites for hydroxylation is 2. The van der Waals surface area contributed by atoms with Gasteiger partial charge in [0.25, 0.3) is 10.0 Å². The molecule has 0 bridgehead atoms. The van der Waals surface area contributed by atoms with Crippen molar-refractivity contribution in [2.75, 3.05) is 20.6 Å². The van der Waals surface area contributed by atoms with E-state index in [1.165, 1.54) is 49.4 Å².